The van der Waals surface area contributed by atoms with E-state index in [4.69, 9.17) is 17.4 Å². The van der Waals surface area contributed by atoms with E-state index in [-0.39, 0.29) is 79.7 Å². The zero-order valence-electron chi connectivity index (χ0n) is 34.7. The zero-order chi connectivity index (χ0) is 44.3. The molecule has 4 aliphatic rings. The summed E-state index contributed by atoms with van der Waals surface area (Å²) in [5, 5.41) is 9.69. The maximum Gasteiger partial charge on any atom is 0.248 e. The van der Waals surface area contributed by atoms with Gasteiger partial charge in [-0.15, -0.1) is 0 Å². The summed E-state index contributed by atoms with van der Waals surface area (Å²) < 4.78 is 78.4. The molecular formula is C38H57ClF6N14O2. The Kier molecular flexibility index (Phi) is 18.7. The molecule has 0 amide bonds. The van der Waals surface area contributed by atoms with Gasteiger partial charge >= 0.3 is 0 Å². The number of alkyl halides is 6. The molecule has 0 radical (unpaired) electrons. The van der Waals surface area contributed by atoms with Gasteiger partial charge in [0.25, 0.3) is 0 Å². The van der Waals surface area contributed by atoms with Crippen molar-refractivity contribution in [3.63, 3.8) is 0 Å². The number of carbonyl (C=O) groups is 1. The number of ketones is 1. The van der Waals surface area contributed by atoms with E-state index in [0.29, 0.717) is 67.9 Å². The molecule has 4 heterocycles. The number of rotatable bonds is 8. The highest BCUT2D eigenvalue weighted by Gasteiger charge is 2.37. The van der Waals surface area contributed by atoms with E-state index in [1.54, 1.807) is 29.2 Å². The maximum atomic E-state index is 13.2. The Morgan fingerprint density at radius 3 is 1.38 bits per heavy atom. The number of anilines is 5. The normalized spacial score (nSPS) is 19.6. The highest BCUT2D eigenvalue weighted by atomic mass is 35.5. The van der Waals surface area contributed by atoms with Gasteiger partial charge in [0.05, 0.1) is 6.54 Å². The van der Waals surface area contributed by atoms with Gasteiger partial charge in [-0.25, -0.2) is 52.1 Å². The summed E-state index contributed by atoms with van der Waals surface area (Å²) in [5.74, 6) is 8.36. The van der Waals surface area contributed by atoms with Crippen molar-refractivity contribution in [2.75, 3.05) is 32.8 Å². The first-order valence-electron chi connectivity index (χ1n) is 19.7. The van der Waals surface area contributed by atoms with Gasteiger partial charge in [0.2, 0.25) is 34.9 Å². The van der Waals surface area contributed by atoms with Crippen LogP contribution in [0.1, 0.15) is 101 Å². The highest BCUT2D eigenvalue weighted by molar-refractivity contribution is 6.28. The minimum absolute atomic E-state index is 0. The Morgan fingerprint density at radius 1 is 0.623 bits per heavy atom. The summed E-state index contributed by atoms with van der Waals surface area (Å²) in [7, 11) is 0. The van der Waals surface area contributed by atoms with Gasteiger partial charge in [0.1, 0.15) is 17.5 Å². The predicted octanol–water partition coefficient (Wildman–Crippen LogP) is 6.55. The number of aromatic nitrogens is 6. The fourth-order valence-electron chi connectivity index (χ4n) is 7.11. The number of nitrogens with one attached hydrogen (secondary N) is 4. The number of carbonyl (C=O) groups excluding carboxylic acids is 1. The van der Waals surface area contributed by atoms with Crippen molar-refractivity contribution in [2.45, 2.75) is 141 Å². The minimum atomic E-state index is -2.54. The van der Waals surface area contributed by atoms with E-state index in [1.807, 2.05) is 27.7 Å². The van der Waals surface area contributed by atoms with Crippen LogP contribution in [0.3, 0.4) is 0 Å². The summed E-state index contributed by atoms with van der Waals surface area (Å²) in [6, 6.07) is 5.40. The van der Waals surface area contributed by atoms with Gasteiger partial charge in [-0.2, -0.15) is 9.97 Å². The van der Waals surface area contributed by atoms with Crippen LogP contribution in [0.2, 0.25) is 5.28 Å². The van der Waals surface area contributed by atoms with Gasteiger partial charge in [0, 0.05) is 104 Å². The van der Waals surface area contributed by atoms with Gasteiger partial charge in [-0.05, 0) is 77.8 Å². The van der Waals surface area contributed by atoms with E-state index >= 15 is 0 Å². The fourth-order valence-corrected chi connectivity index (χ4v) is 7.33. The lowest BCUT2D eigenvalue weighted by molar-refractivity contribution is -0.112. The second kappa shape index (κ2) is 22.5. The van der Waals surface area contributed by atoms with Gasteiger partial charge < -0.3 is 26.3 Å². The van der Waals surface area contributed by atoms with Crippen LogP contribution in [0.25, 0.3) is 0 Å². The molecule has 0 unspecified atom stereocenters. The van der Waals surface area contributed by atoms with Crippen molar-refractivity contribution in [3.8, 4) is 0 Å². The molecule has 3 aliphatic carbocycles. The first-order chi connectivity index (χ1) is 28.2. The van der Waals surface area contributed by atoms with E-state index in [9.17, 15) is 31.1 Å². The summed E-state index contributed by atoms with van der Waals surface area (Å²) >= 11 is 5.73. The average molecular weight is 891 g/mol. The van der Waals surface area contributed by atoms with E-state index in [1.165, 1.54) is 0 Å². The van der Waals surface area contributed by atoms with Crippen LogP contribution >= 0.6 is 11.6 Å². The molecule has 0 bridgehead atoms. The lowest BCUT2D eigenvalue weighted by atomic mass is 9.92. The largest absolute Gasteiger partial charge is 0.412 e. The standard InChI is InChI=1S/C16H20F2N4O.C11H14ClF2N3.C11H17F2N5.H4N2.H2O/c1-10-7-14(20-12-3-5-16(17,18)6-4-12)21-15(19-10)22-9-13(23)8-11(22)2;1-7-6-9(17-10(12)15-7)16-8-2-4-11(13,14)5-3-8;1-7-6-9(17-10(15-7)18-14)16-8-2-4-11(12,13)5-3-8;1-2;/h7-8,12H,3-6,9H2,1-2H3,(H,19,20,21);6,8H,2-5H2,1H3,(H,15,16,17);6,8H,2-5,14H2,1H3,(H2,15,16,17,18);1-2H2;1H2. The van der Waals surface area contributed by atoms with Crippen molar-refractivity contribution in [1.29, 1.82) is 0 Å². The molecule has 3 saturated carbocycles. The minimum Gasteiger partial charge on any atom is -0.412 e. The van der Waals surface area contributed by atoms with Crippen LogP contribution in [-0.2, 0) is 4.79 Å². The van der Waals surface area contributed by atoms with Crippen molar-refractivity contribution < 1.29 is 36.6 Å². The fraction of sp³-hybridized carbons (Fsp3) is 0.605. The first-order valence-corrected chi connectivity index (χ1v) is 20.1. The second-order valence-corrected chi connectivity index (χ2v) is 15.7. The van der Waals surface area contributed by atoms with E-state index in [2.05, 4.69) is 63.0 Å². The highest BCUT2D eigenvalue weighted by Crippen LogP contribution is 2.36. The number of hydrogen-bond donors (Lipinski definition) is 7. The third-order valence-electron chi connectivity index (χ3n) is 10.2. The summed E-state index contributed by atoms with van der Waals surface area (Å²) in [6.45, 7) is 7.57. The molecule has 61 heavy (non-hydrogen) atoms. The summed E-state index contributed by atoms with van der Waals surface area (Å²) in [4.78, 5) is 38.3. The second-order valence-electron chi connectivity index (χ2n) is 15.4. The third kappa shape index (κ3) is 16.6. The average Bonchev–Trinajstić information content (AvgIpc) is 3.52. The SMILES string of the molecule is CC1=CC(=O)CN1c1nc(C)cc(NC2CCC(F)(F)CC2)n1.Cc1cc(NC2CCC(F)(F)CC2)nc(Cl)n1.Cc1cc(NC2CCC(F)(F)CC2)nc(NN)n1.NN.O. The lowest BCUT2D eigenvalue weighted by Gasteiger charge is -2.29. The van der Waals surface area contributed by atoms with Crippen molar-refractivity contribution in [1.82, 2.24) is 29.9 Å². The Morgan fingerprint density at radius 2 is 1.00 bits per heavy atom. The Balaban J connectivity index is 0.000000240. The van der Waals surface area contributed by atoms with Crippen LogP contribution in [0.15, 0.2) is 30.0 Å². The Hall–Kier alpha value is -4.64. The van der Waals surface area contributed by atoms with Gasteiger partial charge in [-0.3, -0.25) is 21.9 Å². The molecule has 0 aromatic carbocycles. The first kappa shape index (κ1) is 50.7. The number of hydrogen-bond acceptors (Lipinski definition) is 15. The molecule has 23 heteroatoms. The summed E-state index contributed by atoms with van der Waals surface area (Å²) in [6.07, 6.45) is 3.75. The number of nitrogens with two attached hydrogens (primary N) is 3. The number of aryl methyl sites for hydroxylation is 3. The predicted molar refractivity (Wildman–Crippen MR) is 224 cm³/mol. The summed E-state index contributed by atoms with van der Waals surface area (Å²) in [5.41, 5.74) is 5.48. The van der Waals surface area contributed by atoms with Crippen LogP contribution in [0, 0.1) is 20.8 Å². The van der Waals surface area contributed by atoms with Crippen LogP contribution in [-0.4, -0.2) is 83.6 Å². The molecule has 0 atom stereocenters. The molecule has 0 spiro atoms. The smallest absolute Gasteiger partial charge is 0.248 e. The molecular weight excluding hydrogens is 834 g/mol. The molecule has 340 valence electrons. The zero-order valence-corrected chi connectivity index (χ0v) is 35.4. The van der Waals surface area contributed by atoms with E-state index < -0.39 is 17.8 Å². The van der Waals surface area contributed by atoms with Crippen LogP contribution in [0.5, 0.6) is 0 Å². The molecule has 16 nitrogen and oxygen atoms in total. The van der Waals surface area contributed by atoms with Crippen LogP contribution < -0.4 is 43.8 Å². The molecule has 3 aromatic heterocycles. The number of nitrogen functional groups attached to an aromatic ring is 1. The maximum absolute atomic E-state index is 13.2. The van der Waals surface area contributed by atoms with E-state index in [0.717, 1.165) is 22.8 Å². The Labute approximate surface area is 356 Å². The topological polar surface area (TPSA) is 255 Å². The Bertz CT molecular complexity index is 1880. The number of allylic oxidation sites excluding steroid dienone is 1. The van der Waals surface area contributed by atoms with Crippen molar-refractivity contribution in [2.24, 2.45) is 17.5 Å². The van der Waals surface area contributed by atoms with Crippen molar-refractivity contribution in [3.05, 3.63) is 52.3 Å². The molecule has 0 saturated heterocycles. The number of nitrogens with zero attached hydrogens (tertiary/aromatic N) is 7. The lowest BCUT2D eigenvalue weighted by Crippen LogP contribution is -2.32. The quantitative estimate of drug-likeness (QED) is 0.0548. The molecule has 3 fully saturated rings. The van der Waals surface area contributed by atoms with Gasteiger partial charge in [0.15, 0.2) is 5.78 Å². The van der Waals surface area contributed by atoms with Gasteiger partial charge in [-0.1, -0.05) is 0 Å². The number of hydrazine groups is 2. The molecule has 7 rings (SSSR count). The van der Waals surface area contributed by atoms with Crippen molar-refractivity contribution >= 4 is 46.7 Å². The number of halogens is 7. The third-order valence-corrected chi connectivity index (χ3v) is 10.4. The monoisotopic (exact) mass is 890 g/mol. The molecule has 1 aliphatic heterocycles. The molecule has 3 aromatic rings. The van der Waals surface area contributed by atoms with Crippen LogP contribution in [0.4, 0.5) is 55.7 Å². The molecule has 12 N–H and O–H groups in total.